The van der Waals surface area contributed by atoms with Gasteiger partial charge in [0.05, 0.1) is 18.1 Å². The quantitative estimate of drug-likeness (QED) is 0.374. The summed E-state index contributed by atoms with van der Waals surface area (Å²) in [6.07, 6.45) is 0.628. The lowest BCUT2D eigenvalue weighted by atomic mass is 10.3. The zero-order chi connectivity index (χ0) is 15.8. The van der Waals surface area contributed by atoms with Crippen LogP contribution in [0.25, 0.3) is 0 Å². The van der Waals surface area contributed by atoms with E-state index < -0.39 is 4.92 Å². The monoisotopic (exact) mass is 300 g/mol. The van der Waals surface area contributed by atoms with Gasteiger partial charge in [-0.3, -0.25) is 19.6 Å². The van der Waals surface area contributed by atoms with Gasteiger partial charge in [-0.1, -0.05) is 0 Å². The molecule has 0 fully saturated rings. The highest BCUT2D eigenvalue weighted by atomic mass is 16.6. The predicted molar refractivity (Wildman–Crippen MR) is 73.9 cm³/mol. The fourth-order valence-electron chi connectivity index (χ4n) is 1.87. The lowest BCUT2D eigenvalue weighted by molar-refractivity contribution is -0.386. The van der Waals surface area contributed by atoms with E-state index in [9.17, 15) is 14.9 Å². The van der Waals surface area contributed by atoms with E-state index in [1.165, 1.54) is 11.6 Å². The number of nitro groups is 1. The molecule has 9 heteroatoms. The van der Waals surface area contributed by atoms with Gasteiger partial charge in [0.15, 0.2) is 0 Å². The Kier molecular flexibility index (Phi) is 6.76. The lowest BCUT2D eigenvalue weighted by Gasteiger charge is -2.06. The maximum absolute atomic E-state index is 11.7. The molecule has 0 aromatic carbocycles. The number of aliphatic hydroxyl groups is 1. The molecule has 0 unspecified atom stereocenters. The van der Waals surface area contributed by atoms with Crippen LogP contribution in [0.4, 0.5) is 5.69 Å². The summed E-state index contributed by atoms with van der Waals surface area (Å²) in [4.78, 5) is 22.1. The highest BCUT2D eigenvalue weighted by molar-refractivity contribution is 5.75. The average Bonchev–Trinajstić information content (AvgIpc) is 2.68. The lowest BCUT2D eigenvalue weighted by Crippen LogP contribution is -2.29. The van der Waals surface area contributed by atoms with Crippen molar-refractivity contribution in [2.24, 2.45) is 0 Å². The van der Waals surface area contributed by atoms with E-state index >= 15 is 0 Å². The zero-order valence-electron chi connectivity index (χ0n) is 12.2. The number of rotatable bonds is 9. The minimum absolute atomic E-state index is 0.0247. The Morgan fingerprint density at radius 2 is 2.19 bits per heavy atom. The van der Waals surface area contributed by atoms with Crippen LogP contribution in [0, 0.1) is 24.0 Å². The van der Waals surface area contributed by atoms with Gasteiger partial charge in [-0.05, 0) is 20.3 Å². The third kappa shape index (κ3) is 5.12. The first-order valence-corrected chi connectivity index (χ1v) is 6.61. The number of aryl methyl sites for hydroxylation is 1. The van der Waals surface area contributed by atoms with Gasteiger partial charge in [0.2, 0.25) is 5.91 Å². The summed E-state index contributed by atoms with van der Waals surface area (Å²) < 4.78 is 6.38. The summed E-state index contributed by atoms with van der Waals surface area (Å²) in [7, 11) is 0. The van der Waals surface area contributed by atoms with Gasteiger partial charge in [0.25, 0.3) is 0 Å². The van der Waals surface area contributed by atoms with E-state index in [0.29, 0.717) is 31.0 Å². The minimum Gasteiger partial charge on any atom is -0.394 e. The van der Waals surface area contributed by atoms with Gasteiger partial charge in [-0.25, -0.2) is 0 Å². The second-order valence-corrected chi connectivity index (χ2v) is 4.47. The van der Waals surface area contributed by atoms with Crippen molar-refractivity contribution in [3.05, 3.63) is 21.5 Å². The van der Waals surface area contributed by atoms with Crippen molar-refractivity contribution in [1.29, 1.82) is 0 Å². The highest BCUT2D eigenvalue weighted by Gasteiger charge is 2.22. The van der Waals surface area contributed by atoms with Crippen LogP contribution in [-0.4, -0.2) is 52.1 Å². The first kappa shape index (κ1) is 17.1. The number of hydrogen-bond donors (Lipinski definition) is 2. The van der Waals surface area contributed by atoms with Gasteiger partial charge < -0.3 is 15.2 Å². The van der Waals surface area contributed by atoms with Crippen LogP contribution in [0.3, 0.4) is 0 Å². The molecule has 9 nitrogen and oxygen atoms in total. The van der Waals surface area contributed by atoms with Crippen LogP contribution >= 0.6 is 0 Å². The van der Waals surface area contributed by atoms with Gasteiger partial charge >= 0.3 is 5.69 Å². The number of nitrogens with one attached hydrogen (secondary N) is 1. The highest BCUT2D eigenvalue weighted by Crippen LogP contribution is 2.21. The molecule has 0 saturated heterocycles. The van der Waals surface area contributed by atoms with Crippen molar-refractivity contribution in [1.82, 2.24) is 15.1 Å². The van der Waals surface area contributed by atoms with Gasteiger partial charge in [-0.15, -0.1) is 0 Å². The molecule has 1 aromatic rings. The van der Waals surface area contributed by atoms with Crippen molar-refractivity contribution in [2.75, 3.05) is 26.4 Å². The fourth-order valence-corrected chi connectivity index (χ4v) is 1.87. The van der Waals surface area contributed by atoms with Crippen molar-refractivity contribution < 1.29 is 19.6 Å². The number of ether oxygens (including phenoxy) is 1. The standard InChI is InChI=1S/C12H20N4O5/c1-9-12(16(19)20)10(2)15(14-9)8-11(18)13-4-3-6-21-7-5-17/h17H,3-8H2,1-2H3,(H,13,18). The maximum atomic E-state index is 11.7. The number of aliphatic hydroxyl groups excluding tert-OH is 1. The summed E-state index contributed by atoms with van der Waals surface area (Å²) in [5.74, 6) is -0.266. The SMILES string of the molecule is Cc1nn(CC(=O)NCCCOCCO)c(C)c1[N+](=O)[O-]. The molecule has 21 heavy (non-hydrogen) atoms. The average molecular weight is 300 g/mol. The van der Waals surface area contributed by atoms with Crippen molar-refractivity contribution >= 4 is 11.6 Å². The van der Waals surface area contributed by atoms with Crippen LogP contribution in [0.1, 0.15) is 17.8 Å². The molecule has 1 heterocycles. The largest absolute Gasteiger partial charge is 0.394 e. The first-order valence-electron chi connectivity index (χ1n) is 6.61. The van der Waals surface area contributed by atoms with Gasteiger partial charge in [0.1, 0.15) is 17.9 Å². The Bertz CT molecular complexity index is 500. The fraction of sp³-hybridized carbons (Fsp3) is 0.667. The molecule has 2 N–H and O–H groups in total. The summed E-state index contributed by atoms with van der Waals surface area (Å²) in [5.41, 5.74) is 0.599. The molecule has 0 radical (unpaired) electrons. The molecule has 0 saturated carbocycles. The van der Waals surface area contributed by atoms with Crippen molar-refractivity contribution in [3.8, 4) is 0 Å². The Morgan fingerprint density at radius 1 is 1.48 bits per heavy atom. The van der Waals surface area contributed by atoms with E-state index in [2.05, 4.69) is 10.4 Å². The Balaban J connectivity index is 2.42. The van der Waals surface area contributed by atoms with E-state index in [0.717, 1.165) is 0 Å². The summed E-state index contributed by atoms with van der Waals surface area (Å²) >= 11 is 0. The topological polar surface area (TPSA) is 120 Å². The number of carbonyl (C=O) groups excluding carboxylic acids is 1. The summed E-state index contributed by atoms with van der Waals surface area (Å²) in [5, 5.41) is 26.1. The van der Waals surface area contributed by atoms with Crippen LogP contribution in [0.5, 0.6) is 0 Å². The van der Waals surface area contributed by atoms with Crippen molar-refractivity contribution in [3.63, 3.8) is 0 Å². The normalized spacial score (nSPS) is 10.6. The predicted octanol–water partition coefficient (Wildman–Crippen LogP) is -0.0767. The van der Waals surface area contributed by atoms with Crippen LogP contribution in [0.15, 0.2) is 0 Å². The van der Waals surface area contributed by atoms with Crippen LogP contribution < -0.4 is 5.32 Å². The number of aromatic nitrogens is 2. The summed E-state index contributed by atoms with van der Waals surface area (Å²) in [6, 6.07) is 0. The molecule has 118 valence electrons. The summed E-state index contributed by atoms with van der Waals surface area (Å²) in [6.45, 7) is 4.19. The smallest absolute Gasteiger partial charge is 0.312 e. The Hall–Kier alpha value is -2.00. The van der Waals surface area contributed by atoms with E-state index in [-0.39, 0.29) is 31.4 Å². The van der Waals surface area contributed by atoms with Crippen LogP contribution in [-0.2, 0) is 16.1 Å². The third-order valence-corrected chi connectivity index (χ3v) is 2.84. The molecule has 0 aliphatic heterocycles. The van der Waals surface area contributed by atoms with E-state index in [1.807, 2.05) is 0 Å². The first-order chi connectivity index (χ1) is 9.97. The minimum atomic E-state index is -0.495. The molecule has 0 atom stereocenters. The number of nitrogens with zero attached hydrogens (tertiary/aromatic N) is 3. The van der Waals surface area contributed by atoms with E-state index in [1.54, 1.807) is 6.92 Å². The number of hydrogen-bond acceptors (Lipinski definition) is 6. The molecule has 1 aromatic heterocycles. The third-order valence-electron chi connectivity index (χ3n) is 2.84. The maximum Gasteiger partial charge on any atom is 0.312 e. The number of carbonyl (C=O) groups is 1. The Morgan fingerprint density at radius 3 is 2.76 bits per heavy atom. The van der Waals surface area contributed by atoms with Crippen LogP contribution in [0.2, 0.25) is 0 Å². The molecule has 0 spiro atoms. The molecule has 0 aliphatic rings. The second kappa shape index (κ2) is 8.32. The molecular weight excluding hydrogens is 280 g/mol. The number of amides is 1. The van der Waals surface area contributed by atoms with Gasteiger partial charge in [-0.2, -0.15) is 5.10 Å². The Labute approximate surface area is 122 Å². The van der Waals surface area contributed by atoms with E-state index in [4.69, 9.17) is 9.84 Å². The molecule has 0 bridgehead atoms. The molecule has 1 rings (SSSR count). The second-order valence-electron chi connectivity index (χ2n) is 4.47. The van der Waals surface area contributed by atoms with Crippen molar-refractivity contribution in [2.45, 2.75) is 26.8 Å². The molecule has 1 amide bonds. The molecular formula is C12H20N4O5. The zero-order valence-corrected chi connectivity index (χ0v) is 12.2. The van der Waals surface area contributed by atoms with Gasteiger partial charge in [0, 0.05) is 13.2 Å². The molecule has 0 aliphatic carbocycles.